The summed E-state index contributed by atoms with van der Waals surface area (Å²) in [5.41, 5.74) is 2.36. The molecule has 0 saturated carbocycles. The first-order chi connectivity index (χ1) is 12.2. The van der Waals surface area contributed by atoms with Gasteiger partial charge in [0.05, 0.1) is 29.9 Å². The Morgan fingerprint density at radius 2 is 1.76 bits per heavy atom. The van der Waals surface area contributed by atoms with Gasteiger partial charge in [-0.2, -0.15) is 5.10 Å². The summed E-state index contributed by atoms with van der Waals surface area (Å²) >= 11 is 0. The molecule has 2 aromatic carbocycles. The van der Waals surface area contributed by atoms with Crippen LogP contribution >= 0.6 is 0 Å². The molecule has 0 spiro atoms. The van der Waals surface area contributed by atoms with Crippen molar-refractivity contribution >= 4 is 11.7 Å². The lowest BCUT2D eigenvalue weighted by Crippen LogP contribution is -2.30. The molecule has 3 aromatic rings. The van der Waals surface area contributed by atoms with Gasteiger partial charge in [0.25, 0.3) is 0 Å². The Kier molecular flexibility index (Phi) is 5.43. The number of amides is 2. The van der Waals surface area contributed by atoms with Crippen molar-refractivity contribution in [2.24, 2.45) is 0 Å². The molecule has 3 N–H and O–H groups in total. The summed E-state index contributed by atoms with van der Waals surface area (Å²) in [5, 5.41) is 19.8. The number of benzene rings is 2. The predicted molar refractivity (Wildman–Crippen MR) is 96.6 cm³/mol. The normalized spacial score (nSPS) is 11.7. The van der Waals surface area contributed by atoms with Crippen LogP contribution in [0.5, 0.6) is 0 Å². The van der Waals surface area contributed by atoms with Gasteiger partial charge < -0.3 is 15.7 Å². The number of urea groups is 1. The number of rotatable bonds is 6. The van der Waals surface area contributed by atoms with Crippen LogP contribution < -0.4 is 10.6 Å². The molecule has 1 heterocycles. The lowest BCUT2D eigenvalue weighted by molar-refractivity contribution is 0.167. The van der Waals surface area contributed by atoms with Gasteiger partial charge >= 0.3 is 6.03 Å². The van der Waals surface area contributed by atoms with Crippen molar-refractivity contribution < 1.29 is 9.90 Å². The molecule has 1 aromatic heterocycles. The van der Waals surface area contributed by atoms with Gasteiger partial charge in [-0.25, -0.2) is 9.48 Å². The Balaban J connectivity index is 1.46. The van der Waals surface area contributed by atoms with Crippen molar-refractivity contribution in [3.8, 4) is 5.69 Å². The van der Waals surface area contributed by atoms with Gasteiger partial charge in [-0.3, -0.25) is 0 Å². The van der Waals surface area contributed by atoms with Crippen LogP contribution in [0.4, 0.5) is 10.5 Å². The molecule has 0 saturated heterocycles. The molecule has 6 nitrogen and oxygen atoms in total. The Morgan fingerprint density at radius 3 is 2.48 bits per heavy atom. The summed E-state index contributed by atoms with van der Waals surface area (Å²) in [7, 11) is 0. The molecule has 6 heteroatoms. The lowest BCUT2D eigenvalue weighted by Gasteiger charge is -2.11. The van der Waals surface area contributed by atoms with E-state index in [4.69, 9.17) is 0 Å². The Hall–Kier alpha value is -3.12. The summed E-state index contributed by atoms with van der Waals surface area (Å²) in [6.45, 7) is 0.370. The molecule has 1 atom stereocenters. The second-order valence-electron chi connectivity index (χ2n) is 5.61. The van der Waals surface area contributed by atoms with E-state index in [1.165, 1.54) is 0 Å². The Bertz CT molecular complexity index is 803. The van der Waals surface area contributed by atoms with Crippen LogP contribution in [0, 0.1) is 0 Å². The third-order valence-corrected chi connectivity index (χ3v) is 3.75. The molecular weight excluding hydrogens is 316 g/mol. The zero-order valence-electron chi connectivity index (χ0n) is 13.7. The quantitative estimate of drug-likeness (QED) is 0.647. The minimum absolute atomic E-state index is 0.326. The zero-order valence-corrected chi connectivity index (χ0v) is 13.7. The maximum Gasteiger partial charge on any atom is 0.319 e. The average Bonchev–Trinajstić information content (AvgIpc) is 3.11. The van der Waals surface area contributed by atoms with E-state index in [9.17, 15) is 9.90 Å². The first kappa shape index (κ1) is 16.7. The fraction of sp³-hybridized carbons (Fsp3) is 0.158. The molecule has 2 amide bonds. The highest BCUT2D eigenvalue weighted by Gasteiger charge is 2.08. The number of anilines is 1. The molecule has 0 radical (unpaired) electrons. The number of hydrogen-bond donors (Lipinski definition) is 3. The predicted octanol–water partition coefficient (Wildman–Crippen LogP) is 3.12. The highest BCUT2D eigenvalue weighted by atomic mass is 16.3. The standard InChI is InChI=1S/C19H20N4O2/c24-18(15-7-3-1-4-8-15)11-12-20-19(25)22-16-13-21-23(14-16)17-9-5-2-6-10-17/h1-10,13-14,18,24H,11-12H2,(H2,20,22,25). The van der Waals surface area contributed by atoms with Gasteiger partial charge in [-0.1, -0.05) is 48.5 Å². The number of carbonyl (C=O) groups is 1. The maximum atomic E-state index is 11.9. The van der Waals surface area contributed by atoms with Gasteiger partial charge in [-0.15, -0.1) is 0 Å². The van der Waals surface area contributed by atoms with Crippen LogP contribution in [0.25, 0.3) is 5.69 Å². The van der Waals surface area contributed by atoms with Crippen LogP contribution in [0.1, 0.15) is 18.1 Å². The van der Waals surface area contributed by atoms with E-state index in [0.717, 1.165) is 11.3 Å². The highest BCUT2D eigenvalue weighted by molar-refractivity contribution is 5.88. The molecule has 1 unspecified atom stereocenters. The first-order valence-corrected chi connectivity index (χ1v) is 8.10. The van der Waals surface area contributed by atoms with E-state index in [1.807, 2.05) is 60.7 Å². The zero-order chi connectivity index (χ0) is 17.5. The minimum atomic E-state index is -0.595. The number of aromatic nitrogens is 2. The van der Waals surface area contributed by atoms with Crippen molar-refractivity contribution in [3.05, 3.63) is 78.6 Å². The second kappa shape index (κ2) is 8.12. The van der Waals surface area contributed by atoms with Crippen molar-refractivity contribution in [3.63, 3.8) is 0 Å². The summed E-state index contributed by atoms with van der Waals surface area (Å²) in [5.74, 6) is 0. The molecule has 128 valence electrons. The third kappa shape index (κ3) is 4.68. The summed E-state index contributed by atoms with van der Waals surface area (Å²) in [6.07, 6.45) is 3.18. The van der Waals surface area contributed by atoms with Gasteiger partial charge in [0.1, 0.15) is 0 Å². The molecular formula is C19H20N4O2. The number of para-hydroxylation sites is 1. The molecule has 3 rings (SSSR count). The third-order valence-electron chi connectivity index (χ3n) is 3.75. The van der Waals surface area contributed by atoms with Gasteiger partial charge in [0.2, 0.25) is 0 Å². The average molecular weight is 336 g/mol. The van der Waals surface area contributed by atoms with Crippen molar-refractivity contribution in [2.45, 2.75) is 12.5 Å². The minimum Gasteiger partial charge on any atom is -0.388 e. The van der Waals surface area contributed by atoms with E-state index in [-0.39, 0.29) is 6.03 Å². The first-order valence-electron chi connectivity index (χ1n) is 8.10. The lowest BCUT2D eigenvalue weighted by atomic mass is 10.1. The van der Waals surface area contributed by atoms with E-state index in [2.05, 4.69) is 15.7 Å². The smallest absolute Gasteiger partial charge is 0.319 e. The summed E-state index contributed by atoms with van der Waals surface area (Å²) < 4.78 is 1.69. The summed E-state index contributed by atoms with van der Waals surface area (Å²) in [6, 6.07) is 18.7. The highest BCUT2D eigenvalue weighted by Crippen LogP contribution is 2.15. The van der Waals surface area contributed by atoms with Crippen LogP contribution in [0.15, 0.2) is 73.1 Å². The number of nitrogens with one attached hydrogen (secondary N) is 2. The number of aliphatic hydroxyl groups is 1. The molecule has 0 bridgehead atoms. The van der Waals surface area contributed by atoms with E-state index in [1.54, 1.807) is 17.1 Å². The molecule has 0 aliphatic rings. The number of nitrogens with zero attached hydrogens (tertiary/aromatic N) is 2. The topological polar surface area (TPSA) is 79.2 Å². The van der Waals surface area contributed by atoms with Gasteiger partial charge in [0.15, 0.2) is 0 Å². The molecule has 0 aliphatic carbocycles. The monoisotopic (exact) mass is 336 g/mol. The SMILES string of the molecule is O=C(NCCC(O)c1ccccc1)Nc1cnn(-c2ccccc2)c1. The number of hydrogen-bond acceptors (Lipinski definition) is 3. The van der Waals surface area contributed by atoms with Gasteiger partial charge in [-0.05, 0) is 24.1 Å². The van der Waals surface area contributed by atoms with Crippen LogP contribution in [-0.4, -0.2) is 27.5 Å². The van der Waals surface area contributed by atoms with E-state index < -0.39 is 6.10 Å². The maximum absolute atomic E-state index is 11.9. The number of carbonyl (C=O) groups excluding carboxylic acids is 1. The largest absolute Gasteiger partial charge is 0.388 e. The second-order valence-corrected chi connectivity index (χ2v) is 5.61. The number of aliphatic hydroxyl groups excluding tert-OH is 1. The van der Waals surface area contributed by atoms with Crippen LogP contribution in [0.3, 0.4) is 0 Å². The summed E-state index contributed by atoms with van der Waals surface area (Å²) in [4.78, 5) is 11.9. The molecule has 0 aliphatic heterocycles. The van der Waals surface area contributed by atoms with Crippen LogP contribution in [0.2, 0.25) is 0 Å². The van der Waals surface area contributed by atoms with Crippen LogP contribution in [-0.2, 0) is 0 Å². The van der Waals surface area contributed by atoms with E-state index in [0.29, 0.717) is 18.7 Å². The Labute approximate surface area is 146 Å². The molecule has 25 heavy (non-hydrogen) atoms. The van der Waals surface area contributed by atoms with E-state index >= 15 is 0 Å². The van der Waals surface area contributed by atoms with Crippen molar-refractivity contribution in [1.82, 2.24) is 15.1 Å². The van der Waals surface area contributed by atoms with Gasteiger partial charge in [0, 0.05) is 6.54 Å². The Morgan fingerprint density at radius 1 is 1.08 bits per heavy atom. The fourth-order valence-electron chi connectivity index (χ4n) is 2.45. The van der Waals surface area contributed by atoms with Crippen molar-refractivity contribution in [2.75, 3.05) is 11.9 Å². The molecule has 0 fully saturated rings. The fourth-order valence-corrected chi connectivity index (χ4v) is 2.45. The van der Waals surface area contributed by atoms with Crippen molar-refractivity contribution in [1.29, 1.82) is 0 Å².